The monoisotopic (exact) mass is 305 g/mol. The van der Waals surface area contributed by atoms with Gasteiger partial charge in [0.1, 0.15) is 5.75 Å². The Labute approximate surface area is 116 Å². The van der Waals surface area contributed by atoms with E-state index in [2.05, 4.69) is 28.1 Å². The SMILES string of the molecule is COc1ccc(C(N)Cc2ccccc2)cc1Br. The molecule has 0 aromatic heterocycles. The number of benzene rings is 2. The molecule has 2 rings (SSSR count). The zero-order chi connectivity index (χ0) is 13.0. The fraction of sp³-hybridized carbons (Fsp3) is 0.200. The lowest BCUT2D eigenvalue weighted by molar-refractivity contribution is 0.412. The van der Waals surface area contributed by atoms with Crippen LogP contribution < -0.4 is 10.5 Å². The lowest BCUT2D eigenvalue weighted by Gasteiger charge is -2.13. The first-order valence-electron chi connectivity index (χ1n) is 5.83. The van der Waals surface area contributed by atoms with Gasteiger partial charge in [-0.15, -0.1) is 0 Å². The molecule has 0 heterocycles. The summed E-state index contributed by atoms with van der Waals surface area (Å²) in [5.41, 5.74) is 8.58. The fourth-order valence-electron chi connectivity index (χ4n) is 1.90. The molecule has 2 aromatic rings. The van der Waals surface area contributed by atoms with Crippen molar-refractivity contribution in [2.45, 2.75) is 12.5 Å². The van der Waals surface area contributed by atoms with Gasteiger partial charge in [-0.3, -0.25) is 0 Å². The zero-order valence-electron chi connectivity index (χ0n) is 10.3. The van der Waals surface area contributed by atoms with Crippen molar-refractivity contribution in [1.82, 2.24) is 0 Å². The van der Waals surface area contributed by atoms with E-state index in [9.17, 15) is 0 Å². The molecule has 0 amide bonds. The second-order valence-corrected chi connectivity index (χ2v) is 5.04. The van der Waals surface area contributed by atoms with Gasteiger partial charge in [0.2, 0.25) is 0 Å². The first-order chi connectivity index (χ1) is 8.70. The van der Waals surface area contributed by atoms with E-state index < -0.39 is 0 Å². The minimum absolute atomic E-state index is 0.00499. The molecule has 2 aromatic carbocycles. The van der Waals surface area contributed by atoms with Crippen molar-refractivity contribution in [2.75, 3.05) is 7.11 Å². The van der Waals surface area contributed by atoms with Gasteiger partial charge in [-0.2, -0.15) is 0 Å². The van der Waals surface area contributed by atoms with Gasteiger partial charge >= 0.3 is 0 Å². The molecule has 1 unspecified atom stereocenters. The maximum atomic E-state index is 6.23. The van der Waals surface area contributed by atoms with E-state index >= 15 is 0 Å². The number of hydrogen-bond acceptors (Lipinski definition) is 2. The summed E-state index contributed by atoms with van der Waals surface area (Å²) < 4.78 is 6.15. The highest BCUT2D eigenvalue weighted by atomic mass is 79.9. The molecule has 2 nitrogen and oxygen atoms in total. The molecule has 2 N–H and O–H groups in total. The highest BCUT2D eigenvalue weighted by molar-refractivity contribution is 9.10. The van der Waals surface area contributed by atoms with Gasteiger partial charge < -0.3 is 10.5 Å². The van der Waals surface area contributed by atoms with E-state index in [1.54, 1.807) is 7.11 Å². The normalized spacial score (nSPS) is 12.2. The topological polar surface area (TPSA) is 35.2 Å². The quantitative estimate of drug-likeness (QED) is 0.935. The van der Waals surface area contributed by atoms with E-state index in [1.165, 1.54) is 5.56 Å². The Balaban J connectivity index is 2.14. The molecule has 0 radical (unpaired) electrons. The number of hydrogen-bond donors (Lipinski definition) is 1. The third kappa shape index (κ3) is 3.12. The lowest BCUT2D eigenvalue weighted by Crippen LogP contribution is -2.13. The average Bonchev–Trinajstić information content (AvgIpc) is 2.39. The first-order valence-corrected chi connectivity index (χ1v) is 6.63. The van der Waals surface area contributed by atoms with Crippen LogP contribution in [-0.2, 0) is 6.42 Å². The largest absolute Gasteiger partial charge is 0.496 e. The molecular formula is C15H16BrNO. The van der Waals surface area contributed by atoms with Crippen LogP contribution in [0.25, 0.3) is 0 Å². The van der Waals surface area contributed by atoms with Gasteiger partial charge in [0.05, 0.1) is 11.6 Å². The smallest absolute Gasteiger partial charge is 0.133 e. The molecule has 0 fully saturated rings. The van der Waals surface area contributed by atoms with Crippen molar-refractivity contribution in [2.24, 2.45) is 5.73 Å². The van der Waals surface area contributed by atoms with E-state index in [-0.39, 0.29) is 6.04 Å². The van der Waals surface area contributed by atoms with E-state index in [1.807, 2.05) is 36.4 Å². The maximum Gasteiger partial charge on any atom is 0.133 e. The fourth-order valence-corrected chi connectivity index (χ4v) is 2.46. The number of ether oxygens (including phenoxy) is 1. The molecule has 18 heavy (non-hydrogen) atoms. The van der Waals surface area contributed by atoms with Gasteiger partial charge in [0.15, 0.2) is 0 Å². The predicted molar refractivity (Wildman–Crippen MR) is 77.8 cm³/mol. The van der Waals surface area contributed by atoms with Crippen LogP contribution in [0.15, 0.2) is 53.0 Å². The van der Waals surface area contributed by atoms with Crippen molar-refractivity contribution >= 4 is 15.9 Å². The van der Waals surface area contributed by atoms with Crippen molar-refractivity contribution in [3.8, 4) is 5.75 Å². The van der Waals surface area contributed by atoms with Crippen LogP contribution in [0.4, 0.5) is 0 Å². The lowest BCUT2D eigenvalue weighted by atomic mass is 10.00. The van der Waals surface area contributed by atoms with Gasteiger partial charge in [0.25, 0.3) is 0 Å². The standard InChI is InChI=1S/C15H16BrNO/c1-18-15-8-7-12(10-13(15)16)14(17)9-11-5-3-2-4-6-11/h2-8,10,14H,9,17H2,1H3. The first kappa shape index (κ1) is 13.1. The van der Waals surface area contributed by atoms with E-state index in [0.717, 1.165) is 22.2 Å². The van der Waals surface area contributed by atoms with Crippen LogP contribution in [0.2, 0.25) is 0 Å². The van der Waals surface area contributed by atoms with Gasteiger partial charge in [0, 0.05) is 6.04 Å². The Kier molecular flexibility index (Phi) is 4.39. The third-order valence-electron chi connectivity index (χ3n) is 2.90. The predicted octanol–water partition coefficient (Wildman–Crippen LogP) is 3.70. The van der Waals surface area contributed by atoms with Crippen molar-refractivity contribution in [1.29, 1.82) is 0 Å². The summed E-state index contributed by atoms with van der Waals surface area (Å²) in [5.74, 6) is 0.825. The Morgan fingerprint density at radius 3 is 2.50 bits per heavy atom. The molecule has 0 saturated carbocycles. The molecule has 0 aliphatic carbocycles. The van der Waals surface area contributed by atoms with Crippen molar-refractivity contribution < 1.29 is 4.74 Å². The van der Waals surface area contributed by atoms with Crippen LogP contribution in [0.1, 0.15) is 17.2 Å². The van der Waals surface area contributed by atoms with Crippen LogP contribution in [-0.4, -0.2) is 7.11 Å². The third-order valence-corrected chi connectivity index (χ3v) is 3.52. The number of methoxy groups -OCH3 is 1. The summed E-state index contributed by atoms with van der Waals surface area (Å²) in [4.78, 5) is 0. The van der Waals surface area contributed by atoms with Crippen molar-refractivity contribution in [3.63, 3.8) is 0 Å². The summed E-state index contributed by atoms with van der Waals surface area (Å²) in [7, 11) is 1.66. The molecule has 1 atom stereocenters. The molecular weight excluding hydrogens is 290 g/mol. The Bertz CT molecular complexity index is 513. The minimum atomic E-state index is -0.00499. The maximum absolute atomic E-state index is 6.23. The summed E-state index contributed by atoms with van der Waals surface area (Å²) in [6, 6.07) is 16.2. The van der Waals surface area contributed by atoms with Crippen LogP contribution in [0, 0.1) is 0 Å². The molecule has 0 spiro atoms. The average molecular weight is 306 g/mol. The van der Waals surface area contributed by atoms with Crippen molar-refractivity contribution in [3.05, 3.63) is 64.1 Å². The van der Waals surface area contributed by atoms with Crippen LogP contribution in [0.3, 0.4) is 0 Å². The Morgan fingerprint density at radius 2 is 1.89 bits per heavy atom. The molecule has 0 bridgehead atoms. The Hall–Kier alpha value is -1.32. The second kappa shape index (κ2) is 6.03. The van der Waals surface area contributed by atoms with E-state index in [0.29, 0.717) is 0 Å². The summed E-state index contributed by atoms with van der Waals surface area (Å²) >= 11 is 3.48. The van der Waals surface area contributed by atoms with Gasteiger partial charge in [-0.25, -0.2) is 0 Å². The molecule has 94 valence electrons. The highest BCUT2D eigenvalue weighted by Crippen LogP contribution is 2.28. The number of rotatable bonds is 4. The summed E-state index contributed by atoms with van der Waals surface area (Å²) in [5, 5.41) is 0. The van der Waals surface area contributed by atoms with Crippen LogP contribution >= 0.6 is 15.9 Å². The Morgan fingerprint density at radius 1 is 1.17 bits per heavy atom. The second-order valence-electron chi connectivity index (χ2n) is 4.19. The summed E-state index contributed by atoms with van der Waals surface area (Å²) in [6.45, 7) is 0. The number of nitrogens with two attached hydrogens (primary N) is 1. The number of halogens is 1. The molecule has 3 heteroatoms. The highest BCUT2D eigenvalue weighted by Gasteiger charge is 2.09. The zero-order valence-corrected chi connectivity index (χ0v) is 11.9. The van der Waals surface area contributed by atoms with Gasteiger partial charge in [-0.1, -0.05) is 36.4 Å². The van der Waals surface area contributed by atoms with Gasteiger partial charge in [-0.05, 0) is 45.6 Å². The van der Waals surface area contributed by atoms with E-state index in [4.69, 9.17) is 10.5 Å². The molecule has 0 aliphatic rings. The molecule has 0 saturated heterocycles. The van der Waals surface area contributed by atoms with Crippen LogP contribution in [0.5, 0.6) is 5.75 Å². The summed E-state index contributed by atoms with van der Waals surface area (Å²) in [6.07, 6.45) is 0.833. The minimum Gasteiger partial charge on any atom is -0.496 e. The molecule has 0 aliphatic heterocycles.